The predicted molar refractivity (Wildman–Crippen MR) is 126 cm³/mol. The minimum Gasteiger partial charge on any atom is -0.493 e. The molecule has 1 amide bonds. The smallest absolute Gasteiger partial charge is 0.276 e. The number of anilines is 1. The molecule has 0 spiro atoms. The molecule has 34 heavy (non-hydrogen) atoms. The first-order valence-corrected chi connectivity index (χ1v) is 11.6. The van der Waals surface area contributed by atoms with Crippen molar-refractivity contribution in [2.24, 2.45) is 5.10 Å². The Labute approximate surface area is 195 Å². The van der Waals surface area contributed by atoms with Crippen LogP contribution in [-0.2, 0) is 10.0 Å². The molecule has 0 aliphatic carbocycles. The van der Waals surface area contributed by atoms with Crippen LogP contribution in [0.3, 0.4) is 0 Å². The van der Waals surface area contributed by atoms with E-state index in [2.05, 4.69) is 15.2 Å². The lowest BCUT2D eigenvalue weighted by molar-refractivity contribution is 0.102. The second kappa shape index (κ2) is 9.67. The zero-order chi connectivity index (χ0) is 24.1. The summed E-state index contributed by atoms with van der Waals surface area (Å²) in [5, 5.41) is 7.31. The second-order valence-corrected chi connectivity index (χ2v) is 8.71. The molecule has 0 fully saturated rings. The van der Waals surface area contributed by atoms with Gasteiger partial charge in [0, 0.05) is 17.1 Å². The van der Waals surface area contributed by atoms with Crippen LogP contribution in [0.1, 0.15) is 10.4 Å². The van der Waals surface area contributed by atoms with Gasteiger partial charge in [0.15, 0.2) is 11.5 Å². The summed E-state index contributed by atoms with van der Waals surface area (Å²) in [5.41, 5.74) is 0.704. The van der Waals surface area contributed by atoms with Crippen molar-refractivity contribution >= 4 is 32.6 Å². The minimum atomic E-state index is -3.97. The van der Waals surface area contributed by atoms with Crippen molar-refractivity contribution in [1.29, 1.82) is 0 Å². The van der Waals surface area contributed by atoms with Crippen molar-refractivity contribution in [3.8, 4) is 11.5 Å². The van der Waals surface area contributed by atoms with Crippen LogP contribution < -0.4 is 25.2 Å². The number of amides is 1. The summed E-state index contributed by atoms with van der Waals surface area (Å²) in [6, 6.07) is 21.2. The van der Waals surface area contributed by atoms with Gasteiger partial charge < -0.3 is 19.2 Å². The van der Waals surface area contributed by atoms with Gasteiger partial charge in [-0.05, 0) is 36.4 Å². The van der Waals surface area contributed by atoms with E-state index in [4.69, 9.17) is 13.9 Å². The second-order valence-electron chi connectivity index (χ2n) is 7.05. The van der Waals surface area contributed by atoms with Crippen molar-refractivity contribution in [2.75, 3.05) is 19.5 Å². The number of nitrogens with zero attached hydrogens (tertiary/aromatic N) is 1. The first-order valence-electron chi connectivity index (χ1n) is 10.1. The number of fused-ring (bicyclic) bond motifs is 1. The van der Waals surface area contributed by atoms with Gasteiger partial charge in [-0.3, -0.25) is 4.79 Å². The Morgan fingerprint density at radius 1 is 0.882 bits per heavy atom. The van der Waals surface area contributed by atoms with E-state index in [0.717, 1.165) is 0 Å². The van der Waals surface area contributed by atoms with E-state index < -0.39 is 15.9 Å². The van der Waals surface area contributed by atoms with Crippen LogP contribution in [0.25, 0.3) is 11.0 Å². The summed E-state index contributed by atoms with van der Waals surface area (Å²) in [5.74, 6) is 0.385. The number of rotatable bonds is 7. The largest absolute Gasteiger partial charge is 0.493 e. The molecule has 0 unspecified atom stereocenters. The van der Waals surface area contributed by atoms with Crippen LogP contribution in [0.5, 0.6) is 11.5 Å². The summed E-state index contributed by atoms with van der Waals surface area (Å²) in [6.45, 7) is 0. The van der Waals surface area contributed by atoms with E-state index in [1.165, 1.54) is 26.4 Å². The minimum absolute atomic E-state index is 0.0240. The zero-order valence-corrected chi connectivity index (χ0v) is 19.1. The molecule has 0 saturated heterocycles. The van der Waals surface area contributed by atoms with Crippen LogP contribution >= 0.6 is 0 Å². The van der Waals surface area contributed by atoms with Crippen LogP contribution in [0, 0.1) is 0 Å². The average molecular weight is 480 g/mol. The number of methoxy groups -OCH3 is 2. The summed E-state index contributed by atoms with van der Waals surface area (Å²) in [7, 11) is -0.970. The Morgan fingerprint density at radius 3 is 2.32 bits per heavy atom. The number of para-hydroxylation sites is 1. The molecule has 10 heteroatoms. The molecule has 4 aromatic rings. The van der Waals surface area contributed by atoms with Gasteiger partial charge in [-0.1, -0.05) is 36.4 Å². The van der Waals surface area contributed by atoms with Crippen molar-refractivity contribution in [3.63, 3.8) is 0 Å². The molecule has 2 N–H and O–H groups in total. The Bertz CT molecular complexity index is 1520. The lowest BCUT2D eigenvalue weighted by Crippen LogP contribution is -2.27. The van der Waals surface area contributed by atoms with Crippen LogP contribution in [-0.4, -0.2) is 28.5 Å². The number of carbonyl (C=O) groups is 1. The van der Waals surface area contributed by atoms with Crippen LogP contribution in [0.15, 0.2) is 93.3 Å². The molecule has 0 radical (unpaired) electrons. The third kappa shape index (κ3) is 4.86. The standard InChI is InChI=1S/C24H21N3O6S/c1-31-21-13-12-17(15-22(21)32-2)25-23(28)19-14-16-8-6-7-11-20(16)33-24(19)26-27-34(29,30)18-9-4-3-5-10-18/h3-15,27H,1-2H3,(H,25,28)/b26-24-. The van der Waals surface area contributed by atoms with Crippen LogP contribution in [0.4, 0.5) is 5.69 Å². The fourth-order valence-corrected chi connectivity index (χ4v) is 4.01. The molecular weight excluding hydrogens is 458 g/mol. The number of hydrogen-bond donors (Lipinski definition) is 2. The molecule has 0 aliphatic rings. The van der Waals surface area contributed by atoms with Crippen molar-refractivity contribution in [2.45, 2.75) is 4.90 Å². The molecule has 4 rings (SSSR count). The summed E-state index contributed by atoms with van der Waals surface area (Å²) >= 11 is 0. The molecular formula is C24H21N3O6S. The van der Waals surface area contributed by atoms with E-state index in [9.17, 15) is 13.2 Å². The lowest BCUT2D eigenvalue weighted by atomic mass is 10.1. The third-order valence-electron chi connectivity index (χ3n) is 4.86. The van der Waals surface area contributed by atoms with Gasteiger partial charge in [0.1, 0.15) is 11.1 Å². The Hall–Kier alpha value is -4.31. The van der Waals surface area contributed by atoms with Gasteiger partial charge in [-0.2, -0.15) is 13.2 Å². The normalized spacial score (nSPS) is 11.8. The van der Waals surface area contributed by atoms with Gasteiger partial charge in [-0.15, -0.1) is 5.10 Å². The van der Waals surface area contributed by atoms with Gasteiger partial charge >= 0.3 is 0 Å². The van der Waals surface area contributed by atoms with Crippen molar-refractivity contribution in [3.05, 3.63) is 90.0 Å². The molecule has 1 heterocycles. The molecule has 174 valence electrons. The molecule has 0 bridgehead atoms. The van der Waals surface area contributed by atoms with E-state index in [1.54, 1.807) is 66.7 Å². The van der Waals surface area contributed by atoms with E-state index in [0.29, 0.717) is 28.2 Å². The quantitative estimate of drug-likeness (QED) is 0.392. The number of ether oxygens (including phenoxy) is 2. The van der Waals surface area contributed by atoms with E-state index in [-0.39, 0.29) is 16.0 Å². The fourth-order valence-electron chi connectivity index (χ4n) is 3.18. The Morgan fingerprint density at radius 2 is 1.59 bits per heavy atom. The monoisotopic (exact) mass is 479 g/mol. The van der Waals surface area contributed by atoms with Gasteiger partial charge in [0.2, 0.25) is 5.55 Å². The third-order valence-corrected chi connectivity index (χ3v) is 6.09. The van der Waals surface area contributed by atoms with Crippen molar-refractivity contribution in [1.82, 2.24) is 4.83 Å². The highest BCUT2D eigenvalue weighted by Crippen LogP contribution is 2.30. The molecule has 0 saturated carbocycles. The fraction of sp³-hybridized carbons (Fsp3) is 0.0833. The first-order chi connectivity index (χ1) is 16.4. The number of benzene rings is 3. The maximum Gasteiger partial charge on any atom is 0.276 e. The first kappa shape index (κ1) is 22.9. The Kier molecular flexibility index (Phi) is 6.51. The SMILES string of the molecule is COc1ccc(NC(=O)c2cc3ccccc3o/c2=N\NS(=O)(=O)c2ccccc2)cc1OC. The Balaban J connectivity index is 1.74. The predicted octanol–water partition coefficient (Wildman–Crippen LogP) is 3.50. The summed E-state index contributed by atoms with van der Waals surface area (Å²) in [6.07, 6.45) is 0. The molecule has 9 nitrogen and oxygen atoms in total. The highest BCUT2D eigenvalue weighted by Gasteiger charge is 2.16. The van der Waals surface area contributed by atoms with Gasteiger partial charge in [0.25, 0.3) is 15.9 Å². The lowest BCUT2D eigenvalue weighted by Gasteiger charge is -2.11. The van der Waals surface area contributed by atoms with E-state index >= 15 is 0 Å². The topological polar surface area (TPSA) is 119 Å². The molecule has 0 aliphatic heterocycles. The average Bonchev–Trinajstić information content (AvgIpc) is 2.87. The summed E-state index contributed by atoms with van der Waals surface area (Å²) in [4.78, 5) is 15.3. The maximum absolute atomic E-state index is 13.1. The van der Waals surface area contributed by atoms with Crippen LogP contribution in [0.2, 0.25) is 0 Å². The van der Waals surface area contributed by atoms with Gasteiger partial charge in [-0.25, -0.2) is 0 Å². The number of nitrogens with one attached hydrogen (secondary N) is 2. The highest BCUT2D eigenvalue weighted by molar-refractivity contribution is 7.89. The number of hydrogen-bond acceptors (Lipinski definition) is 7. The molecule has 0 atom stereocenters. The van der Waals surface area contributed by atoms with Crippen molar-refractivity contribution < 1.29 is 27.1 Å². The molecule has 3 aromatic carbocycles. The molecule has 1 aromatic heterocycles. The number of sulfonamides is 1. The van der Waals surface area contributed by atoms with Gasteiger partial charge in [0.05, 0.1) is 19.1 Å². The summed E-state index contributed by atoms with van der Waals surface area (Å²) < 4.78 is 41.5. The maximum atomic E-state index is 13.1. The number of carbonyl (C=O) groups excluding carboxylic acids is 1. The zero-order valence-electron chi connectivity index (χ0n) is 18.3. The van der Waals surface area contributed by atoms with E-state index in [1.807, 2.05) is 0 Å². The highest BCUT2D eigenvalue weighted by atomic mass is 32.2.